The fourth-order valence-corrected chi connectivity index (χ4v) is 2.81. The van der Waals surface area contributed by atoms with E-state index in [2.05, 4.69) is 5.32 Å². The summed E-state index contributed by atoms with van der Waals surface area (Å²) in [5, 5.41) is 3.07. The van der Waals surface area contributed by atoms with Crippen LogP contribution in [0.2, 0.25) is 0 Å². The van der Waals surface area contributed by atoms with Gasteiger partial charge >= 0.3 is 7.12 Å². The van der Waals surface area contributed by atoms with Gasteiger partial charge < -0.3 is 14.6 Å². The molecule has 3 rings (SSSR count). The topological polar surface area (TPSA) is 47.6 Å². The third-order valence-corrected chi connectivity index (χ3v) is 5.52. The van der Waals surface area contributed by atoms with Crippen molar-refractivity contribution in [3.8, 4) is 0 Å². The van der Waals surface area contributed by atoms with Gasteiger partial charge in [-0.15, -0.1) is 0 Å². The second-order valence-corrected chi connectivity index (χ2v) is 7.78. The standard InChI is InChI=1S/C18H26BNO3/c1-12-9-10-14(19-22-17(2,3)18(4,5)23-19)11-15(12)20-16(21)13-7-6-8-13/h9-11,13H,6-8H2,1-5H3,(H,20,21). The quantitative estimate of drug-likeness (QED) is 0.872. The fraction of sp³-hybridized carbons (Fsp3) is 0.611. The second-order valence-electron chi connectivity index (χ2n) is 7.78. The first-order valence-electron chi connectivity index (χ1n) is 8.47. The highest BCUT2D eigenvalue weighted by Crippen LogP contribution is 2.36. The maximum Gasteiger partial charge on any atom is 0.494 e. The Balaban J connectivity index is 1.79. The van der Waals surface area contributed by atoms with Crippen LogP contribution in [-0.4, -0.2) is 24.2 Å². The third kappa shape index (κ3) is 3.04. The maximum absolute atomic E-state index is 12.2. The molecule has 1 heterocycles. The number of carbonyl (C=O) groups excluding carboxylic acids is 1. The maximum atomic E-state index is 12.2. The molecule has 0 aromatic heterocycles. The molecule has 5 heteroatoms. The molecular weight excluding hydrogens is 289 g/mol. The highest BCUT2D eigenvalue weighted by molar-refractivity contribution is 6.62. The van der Waals surface area contributed by atoms with E-state index in [0.29, 0.717) is 0 Å². The SMILES string of the molecule is Cc1ccc(B2OC(C)(C)C(C)(C)O2)cc1NC(=O)C1CCC1. The van der Waals surface area contributed by atoms with Gasteiger partial charge in [0.25, 0.3) is 0 Å². The molecule has 124 valence electrons. The van der Waals surface area contributed by atoms with Crippen molar-refractivity contribution in [2.45, 2.75) is 65.1 Å². The minimum atomic E-state index is -0.403. The van der Waals surface area contributed by atoms with Gasteiger partial charge in [-0.05, 0) is 64.6 Å². The minimum absolute atomic E-state index is 0.130. The number of carbonyl (C=O) groups is 1. The summed E-state index contributed by atoms with van der Waals surface area (Å²) < 4.78 is 12.2. The Hall–Kier alpha value is -1.33. The Morgan fingerprint density at radius 3 is 2.30 bits per heavy atom. The zero-order valence-corrected chi connectivity index (χ0v) is 14.7. The molecule has 1 saturated heterocycles. The zero-order chi connectivity index (χ0) is 16.8. The highest BCUT2D eigenvalue weighted by atomic mass is 16.7. The van der Waals surface area contributed by atoms with Crippen molar-refractivity contribution in [1.29, 1.82) is 0 Å². The third-order valence-electron chi connectivity index (χ3n) is 5.52. The van der Waals surface area contributed by atoms with E-state index >= 15 is 0 Å². The van der Waals surface area contributed by atoms with Gasteiger partial charge in [0.15, 0.2) is 0 Å². The van der Waals surface area contributed by atoms with Crippen LogP contribution in [0.3, 0.4) is 0 Å². The summed E-state index contributed by atoms with van der Waals surface area (Å²) in [7, 11) is -0.403. The normalized spacial score (nSPS) is 22.7. The van der Waals surface area contributed by atoms with Crippen molar-refractivity contribution >= 4 is 24.2 Å². The lowest BCUT2D eigenvalue weighted by molar-refractivity contribution is -0.122. The Morgan fingerprint density at radius 2 is 1.78 bits per heavy atom. The molecule has 4 nitrogen and oxygen atoms in total. The predicted octanol–water partition coefficient (Wildman–Crippen LogP) is 3.03. The van der Waals surface area contributed by atoms with Gasteiger partial charge in [-0.1, -0.05) is 18.6 Å². The molecule has 0 bridgehead atoms. The van der Waals surface area contributed by atoms with Gasteiger partial charge in [-0.3, -0.25) is 4.79 Å². The van der Waals surface area contributed by atoms with Crippen LogP contribution in [-0.2, 0) is 14.1 Å². The summed E-state index contributed by atoms with van der Waals surface area (Å²) in [5.74, 6) is 0.306. The molecule has 2 fully saturated rings. The fourth-order valence-electron chi connectivity index (χ4n) is 2.81. The number of aryl methyl sites for hydroxylation is 1. The molecule has 1 aliphatic heterocycles. The molecule has 23 heavy (non-hydrogen) atoms. The van der Waals surface area contributed by atoms with Crippen LogP contribution in [0, 0.1) is 12.8 Å². The summed E-state index contributed by atoms with van der Waals surface area (Å²) in [6.45, 7) is 10.2. The van der Waals surface area contributed by atoms with Crippen LogP contribution in [0.1, 0.15) is 52.5 Å². The Morgan fingerprint density at radius 1 is 1.17 bits per heavy atom. The van der Waals surface area contributed by atoms with E-state index in [1.54, 1.807) is 0 Å². The van der Waals surface area contributed by atoms with Crippen LogP contribution >= 0.6 is 0 Å². The first kappa shape index (κ1) is 16.5. The summed E-state index contributed by atoms with van der Waals surface area (Å²) in [6.07, 6.45) is 3.16. The van der Waals surface area contributed by atoms with Gasteiger partial charge in [0, 0.05) is 11.6 Å². The molecule has 2 aliphatic rings. The Kier molecular flexibility index (Phi) is 4.05. The van der Waals surface area contributed by atoms with Crippen molar-refractivity contribution < 1.29 is 14.1 Å². The van der Waals surface area contributed by atoms with E-state index in [1.807, 2.05) is 52.8 Å². The lowest BCUT2D eigenvalue weighted by Gasteiger charge is -2.32. The molecule has 1 N–H and O–H groups in total. The first-order chi connectivity index (χ1) is 10.7. The monoisotopic (exact) mass is 315 g/mol. The van der Waals surface area contributed by atoms with Crippen molar-refractivity contribution in [1.82, 2.24) is 0 Å². The molecule has 0 unspecified atom stereocenters. The number of hydrogen-bond acceptors (Lipinski definition) is 3. The lowest BCUT2D eigenvalue weighted by Crippen LogP contribution is -2.41. The number of anilines is 1. The second kappa shape index (κ2) is 5.64. The summed E-state index contributed by atoms with van der Waals surface area (Å²) >= 11 is 0. The van der Waals surface area contributed by atoms with Crippen LogP contribution in [0.4, 0.5) is 5.69 Å². The van der Waals surface area contributed by atoms with Crippen molar-refractivity contribution in [2.24, 2.45) is 5.92 Å². The number of hydrogen-bond donors (Lipinski definition) is 1. The smallest absolute Gasteiger partial charge is 0.399 e. The lowest BCUT2D eigenvalue weighted by atomic mass is 9.78. The molecule has 1 aliphatic carbocycles. The molecule has 0 radical (unpaired) electrons. The summed E-state index contributed by atoms with van der Waals surface area (Å²) in [4.78, 5) is 12.2. The van der Waals surface area contributed by atoms with Crippen LogP contribution in [0.5, 0.6) is 0 Å². The van der Waals surface area contributed by atoms with Crippen molar-refractivity contribution in [3.63, 3.8) is 0 Å². The van der Waals surface area contributed by atoms with Crippen LogP contribution in [0.25, 0.3) is 0 Å². The summed E-state index contributed by atoms with van der Waals surface area (Å²) in [5.41, 5.74) is 2.13. The van der Waals surface area contributed by atoms with Crippen LogP contribution < -0.4 is 10.8 Å². The Labute approximate surface area is 139 Å². The van der Waals surface area contributed by atoms with Gasteiger partial charge in [0.2, 0.25) is 5.91 Å². The molecule has 0 spiro atoms. The predicted molar refractivity (Wildman–Crippen MR) is 92.9 cm³/mol. The van der Waals surface area contributed by atoms with E-state index in [4.69, 9.17) is 9.31 Å². The zero-order valence-electron chi connectivity index (χ0n) is 14.7. The minimum Gasteiger partial charge on any atom is -0.399 e. The Bertz CT molecular complexity index is 607. The molecule has 1 aromatic carbocycles. The average Bonchev–Trinajstić information content (AvgIpc) is 2.59. The van der Waals surface area contributed by atoms with E-state index in [9.17, 15) is 4.79 Å². The van der Waals surface area contributed by atoms with Crippen molar-refractivity contribution in [2.75, 3.05) is 5.32 Å². The molecule has 1 amide bonds. The van der Waals surface area contributed by atoms with E-state index in [0.717, 1.165) is 36.0 Å². The molecular formula is C18H26BNO3. The highest BCUT2D eigenvalue weighted by Gasteiger charge is 2.51. The number of amides is 1. The summed E-state index contributed by atoms with van der Waals surface area (Å²) in [6, 6.07) is 6.00. The van der Waals surface area contributed by atoms with Crippen molar-refractivity contribution in [3.05, 3.63) is 23.8 Å². The van der Waals surface area contributed by atoms with E-state index < -0.39 is 7.12 Å². The molecule has 0 atom stereocenters. The largest absolute Gasteiger partial charge is 0.494 e. The van der Waals surface area contributed by atoms with Gasteiger partial charge in [0.1, 0.15) is 0 Å². The number of rotatable bonds is 3. The van der Waals surface area contributed by atoms with Gasteiger partial charge in [0.05, 0.1) is 11.2 Å². The molecule has 1 aromatic rings. The van der Waals surface area contributed by atoms with Gasteiger partial charge in [-0.2, -0.15) is 0 Å². The first-order valence-corrected chi connectivity index (χ1v) is 8.47. The van der Waals surface area contributed by atoms with E-state index in [-0.39, 0.29) is 23.0 Å². The van der Waals surface area contributed by atoms with Crippen LogP contribution in [0.15, 0.2) is 18.2 Å². The van der Waals surface area contributed by atoms with E-state index in [1.165, 1.54) is 0 Å². The average molecular weight is 315 g/mol. The molecule has 1 saturated carbocycles. The number of nitrogens with one attached hydrogen (secondary N) is 1. The van der Waals surface area contributed by atoms with Gasteiger partial charge in [-0.25, -0.2) is 0 Å². The number of benzene rings is 1.